The summed E-state index contributed by atoms with van der Waals surface area (Å²) in [5.41, 5.74) is 6.47. The second-order valence-electron chi connectivity index (χ2n) is 6.88. The molecule has 3 N–H and O–H groups in total. The minimum absolute atomic E-state index is 0.415. The lowest BCUT2D eigenvalue weighted by molar-refractivity contribution is 0.154. The van der Waals surface area contributed by atoms with E-state index in [1.807, 2.05) is 0 Å². The Bertz CT molecular complexity index is 231. The van der Waals surface area contributed by atoms with Crippen LogP contribution in [0.3, 0.4) is 0 Å². The highest BCUT2D eigenvalue weighted by Crippen LogP contribution is 2.38. The summed E-state index contributed by atoms with van der Waals surface area (Å²) in [4.78, 5) is 0. The second-order valence-corrected chi connectivity index (χ2v) is 6.88. The number of hydrogen-bond donors (Lipinski definition) is 2. The Hall–Kier alpha value is -0.0800. The van der Waals surface area contributed by atoms with E-state index in [0.717, 1.165) is 31.0 Å². The van der Waals surface area contributed by atoms with Crippen molar-refractivity contribution < 1.29 is 0 Å². The Morgan fingerprint density at radius 2 is 1.76 bits per heavy atom. The molecule has 2 unspecified atom stereocenters. The summed E-state index contributed by atoms with van der Waals surface area (Å²) in [5, 5.41) is 3.81. The average Bonchev–Trinajstić information content (AvgIpc) is 2.75. The molecular weight excluding hydrogens is 208 g/mol. The van der Waals surface area contributed by atoms with Gasteiger partial charge in [-0.1, -0.05) is 26.7 Å². The van der Waals surface area contributed by atoms with Crippen LogP contribution in [0.4, 0.5) is 0 Å². The fraction of sp³-hybridized carbons (Fsp3) is 1.00. The van der Waals surface area contributed by atoms with Crippen LogP contribution in [0.15, 0.2) is 0 Å². The van der Waals surface area contributed by atoms with E-state index in [0.29, 0.717) is 5.41 Å². The highest BCUT2D eigenvalue weighted by Gasteiger charge is 2.33. The van der Waals surface area contributed by atoms with Crippen molar-refractivity contribution in [2.75, 3.05) is 13.1 Å². The molecule has 2 saturated carbocycles. The molecule has 2 atom stereocenters. The lowest BCUT2D eigenvalue weighted by Gasteiger charge is -2.39. The summed E-state index contributed by atoms with van der Waals surface area (Å²) in [5.74, 6) is 1.84. The molecule has 2 heteroatoms. The summed E-state index contributed by atoms with van der Waals surface area (Å²) in [6, 6.07) is 0.771. The molecule has 0 aliphatic heterocycles. The summed E-state index contributed by atoms with van der Waals surface area (Å²) in [7, 11) is 0. The molecule has 0 bridgehead atoms. The quantitative estimate of drug-likeness (QED) is 0.790. The summed E-state index contributed by atoms with van der Waals surface area (Å²) in [6.07, 6.45) is 9.57. The van der Waals surface area contributed by atoms with Crippen LogP contribution >= 0.6 is 0 Å². The summed E-state index contributed by atoms with van der Waals surface area (Å²) in [6.45, 7) is 6.79. The zero-order chi connectivity index (χ0) is 12.3. The van der Waals surface area contributed by atoms with Crippen LogP contribution in [0.1, 0.15) is 58.8 Å². The van der Waals surface area contributed by atoms with Crippen LogP contribution in [0, 0.1) is 17.3 Å². The molecular formula is C15H30N2. The Balaban J connectivity index is 1.79. The van der Waals surface area contributed by atoms with Crippen molar-refractivity contribution in [2.45, 2.75) is 64.8 Å². The van der Waals surface area contributed by atoms with E-state index in [2.05, 4.69) is 19.2 Å². The molecule has 2 fully saturated rings. The molecule has 0 spiro atoms. The standard InChI is InChI=1S/C15H30N2/c1-12-5-7-15(10-16,8-6-12)11-17-14-4-3-13(2)9-14/h12-14,17H,3-11,16H2,1-2H3. The van der Waals surface area contributed by atoms with Crippen LogP contribution in [-0.4, -0.2) is 19.1 Å². The zero-order valence-corrected chi connectivity index (χ0v) is 11.7. The first kappa shape index (κ1) is 13.4. The lowest BCUT2D eigenvalue weighted by atomic mass is 9.70. The van der Waals surface area contributed by atoms with E-state index in [-0.39, 0.29) is 0 Å². The number of rotatable bonds is 4. The van der Waals surface area contributed by atoms with Crippen molar-refractivity contribution >= 4 is 0 Å². The Morgan fingerprint density at radius 3 is 2.29 bits per heavy atom. The Morgan fingerprint density at radius 1 is 1.06 bits per heavy atom. The smallest absolute Gasteiger partial charge is 0.00699 e. The number of nitrogens with two attached hydrogens (primary N) is 1. The molecule has 0 heterocycles. The van der Waals surface area contributed by atoms with E-state index in [4.69, 9.17) is 5.73 Å². The minimum atomic E-state index is 0.415. The zero-order valence-electron chi connectivity index (χ0n) is 11.7. The third kappa shape index (κ3) is 3.45. The van der Waals surface area contributed by atoms with E-state index >= 15 is 0 Å². The number of hydrogen-bond acceptors (Lipinski definition) is 2. The van der Waals surface area contributed by atoms with Crippen LogP contribution in [0.25, 0.3) is 0 Å². The third-order valence-corrected chi connectivity index (χ3v) is 5.23. The van der Waals surface area contributed by atoms with Crippen LogP contribution in [-0.2, 0) is 0 Å². The fourth-order valence-electron chi connectivity index (χ4n) is 3.58. The maximum atomic E-state index is 6.06. The molecule has 0 amide bonds. The van der Waals surface area contributed by atoms with Gasteiger partial charge in [-0.15, -0.1) is 0 Å². The van der Waals surface area contributed by atoms with Gasteiger partial charge in [-0.25, -0.2) is 0 Å². The van der Waals surface area contributed by atoms with Crippen molar-refractivity contribution in [1.82, 2.24) is 5.32 Å². The number of nitrogens with one attached hydrogen (secondary N) is 1. The predicted octanol–water partition coefficient (Wildman–Crippen LogP) is 2.92. The van der Waals surface area contributed by atoms with Crippen LogP contribution < -0.4 is 11.1 Å². The minimum Gasteiger partial charge on any atom is -0.330 e. The highest BCUT2D eigenvalue weighted by atomic mass is 14.9. The van der Waals surface area contributed by atoms with Crippen molar-refractivity contribution in [3.63, 3.8) is 0 Å². The highest BCUT2D eigenvalue weighted by molar-refractivity contribution is 4.89. The molecule has 2 rings (SSSR count). The van der Waals surface area contributed by atoms with Crippen molar-refractivity contribution in [2.24, 2.45) is 23.0 Å². The van der Waals surface area contributed by atoms with E-state index in [1.54, 1.807) is 0 Å². The normalized spacial score (nSPS) is 42.9. The van der Waals surface area contributed by atoms with E-state index in [1.165, 1.54) is 44.9 Å². The van der Waals surface area contributed by atoms with Crippen molar-refractivity contribution in [3.8, 4) is 0 Å². The van der Waals surface area contributed by atoms with Gasteiger partial charge in [0, 0.05) is 12.6 Å². The van der Waals surface area contributed by atoms with Crippen LogP contribution in [0.5, 0.6) is 0 Å². The van der Waals surface area contributed by atoms with Crippen molar-refractivity contribution in [3.05, 3.63) is 0 Å². The third-order valence-electron chi connectivity index (χ3n) is 5.23. The molecule has 0 radical (unpaired) electrons. The molecule has 0 aromatic rings. The first-order valence-electron chi connectivity index (χ1n) is 7.57. The van der Waals surface area contributed by atoms with Gasteiger partial charge in [-0.3, -0.25) is 0 Å². The maximum absolute atomic E-state index is 6.06. The van der Waals surface area contributed by atoms with Gasteiger partial charge in [0.15, 0.2) is 0 Å². The Kier molecular flexibility index (Phi) is 4.48. The summed E-state index contributed by atoms with van der Waals surface area (Å²) < 4.78 is 0. The van der Waals surface area contributed by atoms with E-state index in [9.17, 15) is 0 Å². The SMILES string of the molecule is CC1CCC(CN)(CNC2CCC(C)C2)CC1. The second kappa shape index (κ2) is 5.71. The van der Waals surface area contributed by atoms with Gasteiger partial charge >= 0.3 is 0 Å². The van der Waals surface area contributed by atoms with E-state index < -0.39 is 0 Å². The first-order valence-corrected chi connectivity index (χ1v) is 7.57. The monoisotopic (exact) mass is 238 g/mol. The van der Waals surface area contributed by atoms with Gasteiger partial charge in [-0.05, 0) is 55.9 Å². The van der Waals surface area contributed by atoms with Gasteiger partial charge in [0.05, 0.1) is 0 Å². The maximum Gasteiger partial charge on any atom is 0.00699 e. The van der Waals surface area contributed by atoms with Gasteiger partial charge in [0.2, 0.25) is 0 Å². The largest absolute Gasteiger partial charge is 0.330 e. The van der Waals surface area contributed by atoms with Crippen LogP contribution in [0.2, 0.25) is 0 Å². The molecule has 2 aliphatic rings. The lowest BCUT2D eigenvalue weighted by Crippen LogP contribution is -2.45. The topological polar surface area (TPSA) is 38.0 Å². The Labute approximate surface area is 107 Å². The molecule has 0 aromatic carbocycles. The molecule has 2 nitrogen and oxygen atoms in total. The molecule has 0 aromatic heterocycles. The fourth-order valence-corrected chi connectivity index (χ4v) is 3.58. The van der Waals surface area contributed by atoms with Gasteiger partial charge in [0.1, 0.15) is 0 Å². The predicted molar refractivity (Wildman–Crippen MR) is 73.9 cm³/mol. The first-order chi connectivity index (χ1) is 8.13. The summed E-state index contributed by atoms with van der Waals surface area (Å²) >= 11 is 0. The molecule has 100 valence electrons. The van der Waals surface area contributed by atoms with Gasteiger partial charge in [-0.2, -0.15) is 0 Å². The molecule has 17 heavy (non-hydrogen) atoms. The molecule has 0 saturated heterocycles. The van der Waals surface area contributed by atoms with Gasteiger partial charge in [0.25, 0.3) is 0 Å². The van der Waals surface area contributed by atoms with Gasteiger partial charge < -0.3 is 11.1 Å². The molecule has 2 aliphatic carbocycles. The van der Waals surface area contributed by atoms with Crippen molar-refractivity contribution in [1.29, 1.82) is 0 Å². The average molecular weight is 238 g/mol.